The van der Waals surface area contributed by atoms with Crippen molar-refractivity contribution < 1.29 is 0 Å². The van der Waals surface area contributed by atoms with Crippen LogP contribution in [0.25, 0.3) is 21.1 Å². The molecule has 0 saturated heterocycles. The second-order valence-corrected chi connectivity index (χ2v) is 6.98. The van der Waals surface area contributed by atoms with Gasteiger partial charge in [0.15, 0.2) is 0 Å². The summed E-state index contributed by atoms with van der Waals surface area (Å²) in [5, 5.41) is 3.18. The van der Waals surface area contributed by atoms with E-state index in [4.69, 9.17) is 16.6 Å². The Kier molecular flexibility index (Phi) is 4.20. The van der Waals surface area contributed by atoms with Gasteiger partial charge in [0.1, 0.15) is 5.01 Å². The van der Waals surface area contributed by atoms with E-state index in [1.54, 1.807) is 22.7 Å². The van der Waals surface area contributed by atoms with E-state index in [1.807, 2.05) is 0 Å². The molecule has 4 heteroatoms. The number of benzene rings is 1. The van der Waals surface area contributed by atoms with Crippen molar-refractivity contribution >= 4 is 34.3 Å². The number of thiazole rings is 1. The lowest BCUT2D eigenvalue weighted by Gasteiger charge is -2.01. The summed E-state index contributed by atoms with van der Waals surface area (Å²) in [5.41, 5.74) is 3.52. The van der Waals surface area contributed by atoms with Crippen LogP contribution in [0.5, 0.6) is 0 Å². The van der Waals surface area contributed by atoms with Crippen LogP contribution in [0, 0.1) is 6.92 Å². The molecule has 0 aliphatic rings. The van der Waals surface area contributed by atoms with Crippen molar-refractivity contribution in [3.63, 3.8) is 0 Å². The van der Waals surface area contributed by atoms with Crippen molar-refractivity contribution in [3.05, 3.63) is 52.2 Å². The Morgan fingerprint density at radius 3 is 2.60 bits per heavy atom. The molecule has 0 aliphatic carbocycles. The maximum absolute atomic E-state index is 5.94. The molecule has 1 nitrogen and oxygen atoms in total. The number of aromatic nitrogens is 1. The standard InChI is InChI=1S/C16H14ClNS2/c1-11-4-6-12(7-5-11)15-13(8-9-17)20-16(18-15)14-3-2-10-19-14/h2-7,10H,8-9H2,1H3. The van der Waals surface area contributed by atoms with Crippen molar-refractivity contribution in [2.24, 2.45) is 0 Å². The van der Waals surface area contributed by atoms with Crippen molar-refractivity contribution in [1.82, 2.24) is 4.98 Å². The van der Waals surface area contributed by atoms with Gasteiger partial charge < -0.3 is 0 Å². The number of thiophene rings is 1. The van der Waals surface area contributed by atoms with Gasteiger partial charge in [-0.1, -0.05) is 35.9 Å². The molecule has 2 aromatic heterocycles. The highest BCUT2D eigenvalue weighted by atomic mass is 35.5. The zero-order chi connectivity index (χ0) is 13.9. The summed E-state index contributed by atoms with van der Waals surface area (Å²) in [4.78, 5) is 7.34. The SMILES string of the molecule is Cc1ccc(-c2nc(-c3cccs3)sc2CCCl)cc1. The highest BCUT2D eigenvalue weighted by Gasteiger charge is 2.14. The number of hydrogen-bond acceptors (Lipinski definition) is 3. The van der Waals surface area contributed by atoms with Gasteiger partial charge in [-0.15, -0.1) is 34.3 Å². The third-order valence-corrected chi connectivity index (χ3v) is 5.42. The fourth-order valence-electron chi connectivity index (χ4n) is 2.05. The number of halogens is 1. The monoisotopic (exact) mass is 319 g/mol. The summed E-state index contributed by atoms with van der Waals surface area (Å²) in [6.07, 6.45) is 0.869. The Labute approximate surface area is 131 Å². The van der Waals surface area contributed by atoms with E-state index in [1.165, 1.54) is 20.9 Å². The van der Waals surface area contributed by atoms with E-state index in [0.717, 1.165) is 17.1 Å². The first kappa shape index (κ1) is 13.8. The first-order valence-corrected chi connectivity index (χ1v) is 8.67. The minimum absolute atomic E-state index is 0.630. The summed E-state index contributed by atoms with van der Waals surface area (Å²) in [6.45, 7) is 2.10. The summed E-state index contributed by atoms with van der Waals surface area (Å²) in [7, 11) is 0. The second kappa shape index (κ2) is 6.08. The number of aryl methyl sites for hydroxylation is 2. The smallest absolute Gasteiger partial charge is 0.134 e. The molecule has 0 fully saturated rings. The first-order chi connectivity index (χ1) is 9.78. The Bertz CT molecular complexity index is 684. The zero-order valence-corrected chi connectivity index (χ0v) is 13.5. The largest absolute Gasteiger partial charge is 0.235 e. The van der Waals surface area contributed by atoms with E-state index in [2.05, 4.69) is 48.7 Å². The average Bonchev–Trinajstić information content (AvgIpc) is 3.09. The van der Waals surface area contributed by atoms with Gasteiger partial charge in [0.2, 0.25) is 0 Å². The van der Waals surface area contributed by atoms with E-state index < -0.39 is 0 Å². The molecule has 0 spiro atoms. The van der Waals surface area contributed by atoms with Gasteiger partial charge in [-0.3, -0.25) is 0 Å². The van der Waals surface area contributed by atoms with Gasteiger partial charge >= 0.3 is 0 Å². The predicted molar refractivity (Wildman–Crippen MR) is 90.0 cm³/mol. The van der Waals surface area contributed by atoms with Crippen LogP contribution in [-0.2, 0) is 6.42 Å². The van der Waals surface area contributed by atoms with Crippen molar-refractivity contribution in [3.8, 4) is 21.1 Å². The predicted octanol–water partition coefficient (Wildman–Crippen LogP) is 5.63. The molecule has 102 valence electrons. The van der Waals surface area contributed by atoms with E-state index in [9.17, 15) is 0 Å². The minimum atomic E-state index is 0.630. The number of hydrogen-bond donors (Lipinski definition) is 0. The van der Waals surface area contributed by atoms with Gasteiger partial charge in [0, 0.05) is 16.3 Å². The van der Waals surface area contributed by atoms with E-state index >= 15 is 0 Å². The molecule has 0 radical (unpaired) electrons. The van der Waals surface area contributed by atoms with Gasteiger partial charge in [0.25, 0.3) is 0 Å². The second-order valence-electron chi connectivity index (χ2n) is 4.57. The molecule has 0 N–H and O–H groups in total. The van der Waals surface area contributed by atoms with Crippen LogP contribution >= 0.6 is 34.3 Å². The summed E-state index contributed by atoms with van der Waals surface area (Å²) in [6, 6.07) is 12.7. The molecular formula is C16H14ClNS2. The molecule has 0 amide bonds. The first-order valence-electron chi connectivity index (χ1n) is 6.44. The average molecular weight is 320 g/mol. The Morgan fingerprint density at radius 1 is 1.15 bits per heavy atom. The Balaban J connectivity index is 2.06. The maximum atomic E-state index is 5.94. The van der Waals surface area contributed by atoms with Crippen molar-refractivity contribution in [1.29, 1.82) is 0 Å². The Hall–Kier alpha value is -1.16. The lowest BCUT2D eigenvalue weighted by atomic mass is 10.1. The quantitative estimate of drug-likeness (QED) is 0.568. The van der Waals surface area contributed by atoms with Gasteiger partial charge in [-0.05, 0) is 24.8 Å². The third kappa shape index (κ3) is 2.80. The lowest BCUT2D eigenvalue weighted by molar-refractivity contribution is 1.18. The highest BCUT2D eigenvalue weighted by Crippen LogP contribution is 2.36. The van der Waals surface area contributed by atoms with Gasteiger partial charge in [-0.25, -0.2) is 4.98 Å². The molecule has 1 aromatic carbocycles. The Morgan fingerprint density at radius 2 is 1.95 bits per heavy atom. The molecule has 0 saturated carbocycles. The van der Waals surface area contributed by atoms with E-state index in [0.29, 0.717) is 5.88 Å². The van der Waals surface area contributed by atoms with Crippen molar-refractivity contribution in [2.45, 2.75) is 13.3 Å². The normalized spacial score (nSPS) is 10.9. The van der Waals surface area contributed by atoms with Crippen LogP contribution in [0.15, 0.2) is 41.8 Å². The van der Waals surface area contributed by atoms with Crippen molar-refractivity contribution in [2.75, 3.05) is 5.88 Å². The fourth-order valence-corrected chi connectivity index (χ4v) is 4.23. The summed E-state index contributed by atoms with van der Waals surface area (Å²) < 4.78 is 0. The van der Waals surface area contributed by atoms with Crippen LogP contribution in [0.3, 0.4) is 0 Å². The summed E-state index contributed by atoms with van der Waals surface area (Å²) in [5.74, 6) is 0.630. The van der Waals surface area contributed by atoms with Gasteiger partial charge in [-0.2, -0.15) is 0 Å². The van der Waals surface area contributed by atoms with Crippen LogP contribution in [0.1, 0.15) is 10.4 Å². The van der Waals surface area contributed by atoms with Gasteiger partial charge in [0.05, 0.1) is 10.6 Å². The molecule has 3 rings (SSSR count). The minimum Gasteiger partial charge on any atom is -0.235 e. The zero-order valence-electron chi connectivity index (χ0n) is 11.1. The van der Waals surface area contributed by atoms with Crippen LogP contribution in [0.4, 0.5) is 0 Å². The van der Waals surface area contributed by atoms with Crippen LogP contribution in [0.2, 0.25) is 0 Å². The third-order valence-electron chi connectivity index (χ3n) is 3.08. The van der Waals surface area contributed by atoms with Crippen LogP contribution in [-0.4, -0.2) is 10.9 Å². The number of nitrogens with zero attached hydrogens (tertiary/aromatic N) is 1. The van der Waals surface area contributed by atoms with Crippen LogP contribution < -0.4 is 0 Å². The lowest BCUT2D eigenvalue weighted by Crippen LogP contribution is -1.87. The molecule has 0 atom stereocenters. The highest BCUT2D eigenvalue weighted by molar-refractivity contribution is 7.21. The molecule has 0 bridgehead atoms. The number of alkyl halides is 1. The van der Waals surface area contributed by atoms with E-state index in [-0.39, 0.29) is 0 Å². The fraction of sp³-hybridized carbons (Fsp3) is 0.188. The molecule has 0 unspecified atom stereocenters. The number of rotatable bonds is 4. The molecule has 3 aromatic rings. The maximum Gasteiger partial charge on any atom is 0.134 e. The topological polar surface area (TPSA) is 12.9 Å². The molecule has 0 aliphatic heterocycles. The molecular weight excluding hydrogens is 306 g/mol. The molecule has 20 heavy (non-hydrogen) atoms. The molecule has 2 heterocycles. The summed E-state index contributed by atoms with van der Waals surface area (Å²) >= 11 is 9.42.